The van der Waals surface area contributed by atoms with E-state index in [1.54, 1.807) is 0 Å². The van der Waals surface area contributed by atoms with Gasteiger partial charge in [-0.25, -0.2) is 0 Å². The average Bonchev–Trinajstić information content (AvgIpc) is 2.39. The van der Waals surface area contributed by atoms with E-state index >= 15 is 0 Å². The lowest BCUT2D eigenvalue weighted by Crippen LogP contribution is -2.49. The van der Waals surface area contributed by atoms with Crippen LogP contribution >= 0.6 is 15.9 Å². The first-order chi connectivity index (χ1) is 8.74. The minimum atomic E-state index is -2.46. The smallest absolute Gasteiger partial charge is 0.373 e. The molecule has 0 heterocycles. The van der Waals surface area contributed by atoms with Gasteiger partial charge in [-0.1, -0.05) is 56.0 Å². The summed E-state index contributed by atoms with van der Waals surface area (Å²) < 4.78 is 17.9. The van der Waals surface area contributed by atoms with Crippen molar-refractivity contribution in [3.8, 4) is 0 Å². The van der Waals surface area contributed by atoms with Crippen LogP contribution in [-0.4, -0.2) is 33.6 Å². The zero-order valence-electron chi connectivity index (χ0n) is 12.2. The van der Waals surface area contributed by atoms with E-state index in [0.29, 0.717) is 4.95 Å². The molecule has 0 bridgehead atoms. The van der Waals surface area contributed by atoms with Crippen LogP contribution < -0.4 is 0 Å². The fraction of sp³-hybridized carbons (Fsp3) is 1.00. The summed E-state index contributed by atoms with van der Waals surface area (Å²) in [6.45, 7) is 8.72. The normalized spacial score (nSPS) is 12.0. The van der Waals surface area contributed by atoms with Crippen LogP contribution in [0.25, 0.3) is 0 Å². The van der Waals surface area contributed by atoms with E-state index in [1.807, 2.05) is 0 Å². The van der Waals surface area contributed by atoms with Crippen molar-refractivity contribution < 1.29 is 13.3 Å². The summed E-state index contributed by atoms with van der Waals surface area (Å²) in [5.41, 5.74) is 0. The molecule has 0 aliphatic rings. The van der Waals surface area contributed by atoms with E-state index in [-0.39, 0.29) is 0 Å². The SMILES string of the molecule is CCCCO[Si](CBr)(OCCCC)OCCCC. The third kappa shape index (κ3) is 8.64. The third-order valence-corrected chi connectivity index (χ3v) is 6.94. The number of unbranched alkanes of at least 4 members (excludes halogenated alkanes) is 3. The highest BCUT2D eigenvalue weighted by Crippen LogP contribution is 2.15. The molecule has 0 N–H and O–H groups in total. The minimum absolute atomic E-state index is 0.692. The Kier molecular flexibility index (Phi) is 13.0. The molecule has 110 valence electrons. The Hall–Kier alpha value is 0.577. The van der Waals surface area contributed by atoms with Crippen LogP contribution in [0.15, 0.2) is 0 Å². The van der Waals surface area contributed by atoms with Gasteiger partial charge >= 0.3 is 8.80 Å². The largest absolute Gasteiger partial charge is 0.512 e. The first kappa shape index (κ1) is 18.6. The summed E-state index contributed by atoms with van der Waals surface area (Å²) in [7, 11) is -2.46. The van der Waals surface area contributed by atoms with Crippen molar-refractivity contribution in [2.45, 2.75) is 59.3 Å². The zero-order chi connectivity index (χ0) is 13.7. The molecule has 0 aromatic rings. The molecule has 0 aromatic carbocycles. The molecule has 5 heteroatoms. The van der Waals surface area contributed by atoms with Crippen LogP contribution in [0.3, 0.4) is 0 Å². The molecule has 3 nitrogen and oxygen atoms in total. The number of alkyl halides is 1. The van der Waals surface area contributed by atoms with Gasteiger partial charge in [0.2, 0.25) is 0 Å². The molecule has 0 aromatic heterocycles. The van der Waals surface area contributed by atoms with E-state index < -0.39 is 8.80 Å². The molecule has 0 radical (unpaired) electrons. The maximum atomic E-state index is 5.96. The van der Waals surface area contributed by atoms with Crippen molar-refractivity contribution in [3.63, 3.8) is 0 Å². The Morgan fingerprint density at radius 1 is 0.722 bits per heavy atom. The number of rotatable bonds is 13. The van der Waals surface area contributed by atoms with Crippen LogP contribution in [0, 0.1) is 0 Å². The molecular weight excluding hydrogens is 312 g/mol. The maximum absolute atomic E-state index is 5.96. The highest BCUT2D eigenvalue weighted by atomic mass is 79.9. The summed E-state index contributed by atoms with van der Waals surface area (Å²) in [5, 5.41) is 0. The van der Waals surface area contributed by atoms with Crippen molar-refractivity contribution in [2.24, 2.45) is 0 Å². The number of halogens is 1. The summed E-state index contributed by atoms with van der Waals surface area (Å²) in [4.78, 5) is 0.692. The molecule has 18 heavy (non-hydrogen) atoms. The lowest BCUT2D eigenvalue weighted by atomic mass is 10.4. The average molecular weight is 341 g/mol. The third-order valence-electron chi connectivity index (χ3n) is 2.62. The van der Waals surface area contributed by atoms with Gasteiger partial charge in [-0.3, -0.25) is 0 Å². The van der Waals surface area contributed by atoms with Crippen molar-refractivity contribution in [3.05, 3.63) is 0 Å². The summed E-state index contributed by atoms with van der Waals surface area (Å²) in [6, 6.07) is 0. The molecular formula is C13H29BrO3Si. The second-order valence-corrected chi connectivity index (χ2v) is 8.60. The lowest BCUT2D eigenvalue weighted by Gasteiger charge is -2.28. The summed E-state index contributed by atoms with van der Waals surface area (Å²) in [6.07, 6.45) is 6.60. The Balaban J connectivity index is 4.20. The maximum Gasteiger partial charge on any atom is 0.512 e. The molecule has 0 amide bonds. The van der Waals surface area contributed by atoms with E-state index in [0.717, 1.165) is 58.3 Å². The van der Waals surface area contributed by atoms with Gasteiger partial charge < -0.3 is 13.3 Å². The monoisotopic (exact) mass is 340 g/mol. The van der Waals surface area contributed by atoms with Gasteiger partial charge in [-0.05, 0) is 19.3 Å². The van der Waals surface area contributed by atoms with Crippen molar-refractivity contribution >= 4 is 24.7 Å². The Labute approximate surface area is 122 Å². The van der Waals surface area contributed by atoms with Crippen LogP contribution in [0.5, 0.6) is 0 Å². The highest BCUT2D eigenvalue weighted by Gasteiger charge is 2.39. The Morgan fingerprint density at radius 3 is 1.28 bits per heavy atom. The van der Waals surface area contributed by atoms with Gasteiger partial charge in [0.05, 0.1) is 4.95 Å². The van der Waals surface area contributed by atoms with E-state index in [9.17, 15) is 0 Å². The molecule has 0 aliphatic carbocycles. The predicted octanol–water partition coefficient (Wildman–Crippen LogP) is 4.31. The molecule has 0 saturated carbocycles. The topological polar surface area (TPSA) is 27.7 Å². The Morgan fingerprint density at radius 2 is 1.06 bits per heavy atom. The van der Waals surface area contributed by atoms with Crippen LogP contribution in [0.1, 0.15) is 59.3 Å². The lowest BCUT2D eigenvalue weighted by molar-refractivity contribution is 0.0622. The molecule has 0 fully saturated rings. The van der Waals surface area contributed by atoms with Gasteiger partial charge in [0.1, 0.15) is 0 Å². The fourth-order valence-corrected chi connectivity index (χ4v) is 4.66. The first-order valence-electron chi connectivity index (χ1n) is 7.22. The van der Waals surface area contributed by atoms with Crippen LogP contribution in [-0.2, 0) is 13.3 Å². The highest BCUT2D eigenvalue weighted by molar-refractivity contribution is 9.09. The van der Waals surface area contributed by atoms with Crippen molar-refractivity contribution in [1.29, 1.82) is 0 Å². The molecule has 0 spiro atoms. The molecule has 0 aliphatic heterocycles. The van der Waals surface area contributed by atoms with E-state index in [2.05, 4.69) is 36.7 Å². The van der Waals surface area contributed by atoms with E-state index in [4.69, 9.17) is 13.3 Å². The van der Waals surface area contributed by atoms with Crippen LogP contribution in [0.4, 0.5) is 0 Å². The predicted molar refractivity (Wildman–Crippen MR) is 82.1 cm³/mol. The second-order valence-electron chi connectivity index (χ2n) is 4.42. The van der Waals surface area contributed by atoms with Gasteiger partial charge in [0, 0.05) is 19.8 Å². The van der Waals surface area contributed by atoms with Crippen molar-refractivity contribution in [1.82, 2.24) is 0 Å². The van der Waals surface area contributed by atoms with Crippen molar-refractivity contribution in [2.75, 3.05) is 24.8 Å². The standard InChI is InChI=1S/C13H29BrO3Si/c1-4-7-10-15-18(13-14,16-11-8-5-2)17-12-9-6-3/h4-13H2,1-3H3. The summed E-state index contributed by atoms with van der Waals surface area (Å²) in [5.74, 6) is 0. The first-order valence-corrected chi connectivity index (χ1v) is 10.3. The van der Waals surface area contributed by atoms with E-state index in [1.165, 1.54) is 0 Å². The van der Waals surface area contributed by atoms with Crippen LogP contribution in [0.2, 0.25) is 0 Å². The van der Waals surface area contributed by atoms with Gasteiger partial charge in [0.15, 0.2) is 0 Å². The Bertz CT molecular complexity index is 155. The molecule has 0 unspecified atom stereocenters. The van der Waals surface area contributed by atoms with Gasteiger partial charge in [0.25, 0.3) is 0 Å². The second kappa shape index (κ2) is 12.6. The van der Waals surface area contributed by atoms with Gasteiger partial charge in [-0.15, -0.1) is 0 Å². The summed E-state index contributed by atoms with van der Waals surface area (Å²) >= 11 is 3.52. The fourth-order valence-electron chi connectivity index (χ4n) is 1.36. The zero-order valence-corrected chi connectivity index (χ0v) is 14.8. The molecule has 0 atom stereocenters. The molecule has 0 rings (SSSR count). The minimum Gasteiger partial charge on any atom is -0.373 e. The van der Waals surface area contributed by atoms with Gasteiger partial charge in [-0.2, -0.15) is 0 Å². The number of hydrogen-bond acceptors (Lipinski definition) is 3. The number of hydrogen-bond donors (Lipinski definition) is 0. The quantitative estimate of drug-likeness (QED) is 0.284. The molecule has 0 saturated heterocycles.